The molecule has 1 atom stereocenters. The first-order valence-electron chi connectivity index (χ1n) is 9.13. The first-order chi connectivity index (χ1) is 14.6. The number of thiophene rings is 1. The van der Waals surface area contributed by atoms with Gasteiger partial charge < -0.3 is 19.5 Å². The summed E-state index contributed by atoms with van der Waals surface area (Å²) in [5.41, 5.74) is 0.918. The molecule has 1 aromatic carbocycles. The molecule has 2 aliphatic heterocycles. The van der Waals surface area contributed by atoms with Gasteiger partial charge in [-0.25, -0.2) is 4.79 Å². The number of morpholine rings is 1. The minimum atomic E-state index is -0.542. The predicted molar refractivity (Wildman–Crippen MR) is 105 cm³/mol. The number of hydrogen-bond donors (Lipinski definition) is 2. The van der Waals surface area contributed by atoms with Gasteiger partial charge in [0.25, 0.3) is 17.7 Å². The number of urea groups is 1. The van der Waals surface area contributed by atoms with Gasteiger partial charge in [0.15, 0.2) is 0 Å². The summed E-state index contributed by atoms with van der Waals surface area (Å²) >= 11 is 1.49. The summed E-state index contributed by atoms with van der Waals surface area (Å²) < 4.78 is 10.9. The van der Waals surface area contributed by atoms with Crippen LogP contribution in [0.2, 0.25) is 0 Å². The lowest BCUT2D eigenvalue weighted by molar-refractivity contribution is 0.00349. The Bertz CT molecular complexity index is 1140. The Morgan fingerprint density at radius 1 is 1.23 bits per heavy atom. The lowest BCUT2D eigenvalue weighted by Crippen LogP contribution is -2.45. The van der Waals surface area contributed by atoms with Crippen LogP contribution in [-0.2, 0) is 4.74 Å². The molecule has 30 heavy (non-hydrogen) atoms. The van der Waals surface area contributed by atoms with E-state index in [-0.39, 0.29) is 23.6 Å². The zero-order valence-electron chi connectivity index (χ0n) is 15.5. The van der Waals surface area contributed by atoms with Crippen molar-refractivity contribution in [2.45, 2.75) is 6.04 Å². The highest BCUT2D eigenvalue weighted by Gasteiger charge is 2.34. The number of carbonyl (C=O) groups is 3. The number of carbonyl (C=O) groups excluding carboxylic acids is 3. The molecule has 0 radical (unpaired) electrons. The number of hydrogen-bond acceptors (Lipinski definition) is 8. The molecular formula is C19H15N5O5S. The molecule has 1 unspecified atom stereocenters. The Balaban J connectivity index is 1.36. The Morgan fingerprint density at radius 2 is 2.10 bits per heavy atom. The molecule has 4 amide bonds. The fourth-order valence-electron chi connectivity index (χ4n) is 3.37. The van der Waals surface area contributed by atoms with Crippen molar-refractivity contribution in [2.75, 3.05) is 25.1 Å². The fourth-order valence-corrected chi connectivity index (χ4v) is 4.02. The van der Waals surface area contributed by atoms with E-state index in [0.717, 1.165) is 4.88 Å². The minimum Gasteiger partial charge on any atom is -0.377 e. The molecule has 0 spiro atoms. The summed E-state index contributed by atoms with van der Waals surface area (Å²) in [5.74, 6) is -0.186. The summed E-state index contributed by atoms with van der Waals surface area (Å²) in [6, 6.07) is 7.40. The quantitative estimate of drug-likeness (QED) is 0.617. The smallest absolute Gasteiger partial charge is 0.322 e. The van der Waals surface area contributed by atoms with Gasteiger partial charge in [0.1, 0.15) is 6.04 Å². The van der Waals surface area contributed by atoms with Crippen LogP contribution in [-0.4, -0.2) is 52.6 Å². The minimum absolute atomic E-state index is 0.223. The van der Waals surface area contributed by atoms with E-state index >= 15 is 0 Å². The molecule has 10 nitrogen and oxygen atoms in total. The van der Waals surface area contributed by atoms with Crippen LogP contribution in [0.4, 0.5) is 10.5 Å². The normalized spacial score (nSPS) is 18.3. The van der Waals surface area contributed by atoms with Crippen molar-refractivity contribution in [1.82, 2.24) is 20.4 Å². The summed E-state index contributed by atoms with van der Waals surface area (Å²) in [6.07, 6.45) is 0. The number of anilines is 1. The van der Waals surface area contributed by atoms with Gasteiger partial charge in [-0.1, -0.05) is 11.2 Å². The first-order valence-corrected chi connectivity index (χ1v) is 10.0. The maximum Gasteiger partial charge on any atom is 0.322 e. The Labute approximate surface area is 173 Å². The molecule has 152 valence electrons. The molecule has 2 N–H and O–H groups in total. The van der Waals surface area contributed by atoms with E-state index in [4.69, 9.17) is 9.26 Å². The first kappa shape index (κ1) is 18.5. The van der Waals surface area contributed by atoms with Crippen LogP contribution >= 0.6 is 11.3 Å². The van der Waals surface area contributed by atoms with Gasteiger partial charge in [-0.2, -0.15) is 4.98 Å². The predicted octanol–water partition coefficient (Wildman–Crippen LogP) is 2.29. The number of imide groups is 1. The second kappa shape index (κ2) is 7.35. The van der Waals surface area contributed by atoms with Crippen LogP contribution in [0, 0.1) is 0 Å². The third kappa shape index (κ3) is 3.23. The third-order valence-corrected chi connectivity index (χ3v) is 5.71. The van der Waals surface area contributed by atoms with Crippen LogP contribution in [0.15, 0.2) is 40.2 Å². The average Bonchev–Trinajstić information content (AvgIpc) is 3.49. The zero-order valence-corrected chi connectivity index (χ0v) is 16.3. The Morgan fingerprint density at radius 3 is 2.93 bits per heavy atom. The van der Waals surface area contributed by atoms with Gasteiger partial charge in [-0.15, -0.1) is 11.3 Å². The summed E-state index contributed by atoms with van der Waals surface area (Å²) in [7, 11) is 0. The van der Waals surface area contributed by atoms with E-state index in [0.29, 0.717) is 24.7 Å². The van der Waals surface area contributed by atoms with Crippen molar-refractivity contribution in [1.29, 1.82) is 0 Å². The van der Waals surface area contributed by atoms with Crippen LogP contribution in [0.5, 0.6) is 0 Å². The molecule has 0 bridgehead atoms. The number of benzene rings is 1. The highest BCUT2D eigenvalue weighted by atomic mass is 32.1. The topological polar surface area (TPSA) is 127 Å². The van der Waals surface area contributed by atoms with E-state index < -0.39 is 23.9 Å². The van der Waals surface area contributed by atoms with Gasteiger partial charge in [-0.05, 0) is 29.6 Å². The largest absolute Gasteiger partial charge is 0.377 e. The fraction of sp³-hybridized carbons (Fsp3) is 0.211. The Kier molecular flexibility index (Phi) is 4.52. The number of nitrogens with one attached hydrogen (secondary N) is 2. The maximum atomic E-state index is 12.9. The number of fused-ring (bicyclic) bond motifs is 1. The highest BCUT2D eigenvalue weighted by molar-refractivity contribution is 7.13. The van der Waals surface area contributed by atoms with Gasteiger partial charge in [-0.3, -0.25) is 14.9 Å². The van der Waals surface area contributed by atoms with Crippen molar-refractivity contribution in [3.05, 3.63) is 52.7 Å². The van der Waals surface area contributed by atoms with E-state index in [1.165, 1.54) is 23.5 Å². The average molecular weight is 425 g/mol. The molecule has 5 rings (SSSR count). The monoisotopic (exact) mass is 425 g/mol. The molecule has 0 aliphatic carbocycles. The van der Waals surface area contributed by atoms with E-state index in [1.54, 1.807) is 11.0 Å². The van der Waals surface area contributed by atoms with Gasteiger partial charge in [0.05, 0.1) is 29.2 Å². The second-order valence-corrected chi connectivity index (χ2v) is 7.64. The van der Waals surface area contributed by atoms with Crippen LogP contribution < -0.4 is 10.6 Å². The molecular weight excluding hydrogens is 410 g/mol. The molecule has 11 heteroatoms. The summed E-state index contributed by atoms with van der Waals surface area (Å²) in [5, 5.41) is 10.9. The number of amides is 4. The number of aromatic nitrogens is 2. The van der Waals surface area contributed by atoms with Crippen molar-refractivity contribution in [3.8, 4) is 10.7 Å². The summed E-state index contributed by atoms with van der Waals surface area (Å²) in [6.45, 7) is 0.925. The number of rotatable bonds is 3. The van der Waals surface area contributed by atoms with Crippen LogP contribution in [0.25, 0.3) is 10.7 Å². The molecule has 4 heterocycles. The van der Waals surface area contributed by atoms with Crippen molar-refractivity contribution in [3.63, 3.8) is 0 Å². The lowest BCUT2D eigenvalue weighted by atomic mass is 10.1. The Hall–Kier alpha value is -3.57. The molecule has 2 aromatic heterocycles. The third-order valence-electron chi connectivity index (χ3n) is 4.84. The molecule has 1 saturated heterocycles. The van der Waals surface area contributed by atoms with Gasteiger partial charge in [0.2, 0.25) is 5.82 Å². The second-order valence-electron chi connectivity index (χ2n) is 6.69. The van der Waals surface area contributed by atoms with Crippen molar-refractivity contribution in [2.24, 2.45) is 0 Å². The number of ether oxygens (including phenoxy) is 1. The van der Waals surface area contributed by atoms with Gasteiger partial charge in [0, 0.05) is 12.2 Å². The number of nitrogens with zero attached hydrogens (tertiary/aromatic N) is 3. The molecule has 1 fully saturated rings. The standard InChI is InChI=1S/C19H15N5O5S/c25-16-11-4-3-10(8-12(11)17(26)22-16)20-19(27)24-5-6-28-9-13(24)18-21-15(23-29-18)14-2-1-7-30-14/h1-4,7-8,13H,5-6,9H2,(H,20,27)(H,22,25,26). The molecule has 0 saturated carbocycles. The maximum absolute atomic E-state index is 12.9. The van der Waals surface area contributed by atoms with Crippen LogP contribution in [0.3, 0.4) is 0 Å². The zero-order chi connectivity index (χ0) is 20.7. The molecule has 3 aromatic rings. The van der Waals surface area contributed by atoms with E-state index in [2.05, 4.69) is 20.8 Å². The highest BCUT2D eigenvalue weighted by Crippen LogP contribution is 2.28. The van der Waals surface area contributed by atoms with Crippen molar-refractivity contribution >= 4 is 34.9 Å². The van der Waals surface area contributed by atoms with E-state index in [9.17, 15) is 14.4 Å². The summed E-state index contributed by atoms with van der Waals surface area (Å²) in [4.78, 5) is 43.3. The SMILES string of the molecule is O=C1NC(=O)c2cc(NC(=O)N3CCOCC3c3nc(-c4cccs4)no3)ccc21. The van der Waals surface area contributed by atoms with Gasteiger partial charge >= 0.3 is 6.03 Å². The molecule has 2 aliphatic rings. The van der Waals surface area contributed by atoms with Crippen LogP contribution in [0.1, 0.15) is 32.6 Å². The van der Waals surface area contributed by atoms with Crippen molar-refractivity contribution < 1.29 is 23.6 Å². The van der Waals surface area contributed by atoms with E-state index in [1.807, 2.05) is 17.5 Å². The lowest BCUT2D eigenvalue weighted by Gasteiger charge is -2.33.